The Hall–Kier alpha value is -1.85. The van der Waals surface area contributed by atoms with Crippen molar-refractivity contribution >= 4 is 11.5 Å². The summed E-state index contributed by atoms with van der Waals surface area (Å²) >= 11 is 0. The molecule has 1 aromatic rings. The Morgan fingerprint density at radius 3 is 2.33 bits per heavy atom. The topological polar surface area (TPSA) is 29.1 Å². The van der Waals surface area contributed by atoms with E-state index >= 15 is 0 Å². The standard InChI is InChI=1S/C15H15F4NO/c16-14(17)15(18,19)13(21)11-8-4-5-9-12(11)20-10-6-2-1-3-7-10/h1-3,6-7,14,20H,4-5,8-9H2. The zero-order valence-corrected chi connectivity index (χ0v) is 11.2. The van der Waals surface area contributed by atoms with Crippen LogP contribution in [0.4, 0.5) is 23.2 Å². The fourth-order valence-corrected chi connectivity index (χ4v) is 2.29. The summed E-state index contributed by atoms with van der Waals surface area (Å²) in [5, 5.41) is 2.90. The first-order chi connectivity index (χ1) is 9.93. The lowest BCUT2D eigenvalue weighted by Crippen LogP contribution is -2.38. The number of nitrogens with one attached hydrogen (secondary N) is 1. The van der Waals surface area contributed by atoms with Crippen molar-refractivity contribution in [3.8, 4) is 0 Å². The summed E-state index contributed by atoms with van der Waals surface area (Å²) in [6, 6.07) is 8.73. The summed E-state index contributed by atoms with van der Waals surface area (Å²) in [5.41, 5.74) is 0.744. The van der Waals surface area contributed by atoms with E-state index in [9.17, 15) is 22.4 Å². The van der Waals surface area contributed by atoms with Crippen molar-refractivity contribution in [3.63, 3.8) is 0 Å². The third-order valence-corrected chi connectivity index (χ3v) is 3.39. The maximum absolute atomic E-state index is 13.3. The van der Waals surface area contributed by atoms with Crippen LogP contribution in [0.5, 0.6) is 0 Å². The number of carbonyl (C=O) groups is 1. The van der Waals surface area contributed by atoms with Gasteiger partial charge in [0.1, 0.15) is 0 Å². The largest absolute Gasteiger partial charge is 0.368 e. The molecule has 0 unspecified atom stereocenters. The number of anilines is 1. The fraction of sp³-hybridized carbons (Fsp3) is 0.400. The van der Waals surface area contributed by atoms with Crippen molar-refractivity contribution in [1.29, 1.82) is 0 Å². The van der Waals surface area contributed by atoms with Gasteiger partial charge in [-0.05, 0) is 37.8 Å². The monoisotopic (exact) mass is 301 g/mol. The number of Topliss-reactive ketones (excluding diaryl/α,β-unsaturated/α-hetero) is 1. The van der Waals surface area contributed by atoms with Crippen LogP contribution in [0.2, 0.25) is 0 Å². The molecule has 0 amide bonds. The molecule has 0 spiro atoms. The lowest BCUT2D eigenvalue weighted by atomic mass is 9.90. The molecule has 6 heteroatoms. The average Bonchev–Trinajstić information content (AvgIpc) is 2.48. The first-order valence-corrected chi connectivity index (χ1v) is 6.67. The van der Waals surface area contributed by atoms with E-state index < -0.39 is 18.1 Å². The van der Waals surface area contributed by atoms with Gasteiger partial charge in [-0.15, -0.1) is 0 Å². The molecule has 0 fully saturated rings. The van der Waals surface area contributed by atoms with Crippen LogP contribution in [0.15, 0.2) is 41.6 Å². The molecule has 114 valence electrons. The van der Waals surface area contributed by atoms with Crippen molar-refractivity contribution in [2.45, 2.75) is 38.0 Å². The van der Waals surface area contributed by atoms with Crippen LogP contribution < -0.4 is 5.32 Å². The lowest BCUT2D eigenvalue weighted by Gasteiger charge is -2.24. The summed E-state index contributed by atoms with van der Waals surface area (Å²) in [4.78, 5) is 11.7. The van der Waals surface area contributed by atoms with Crippen molar-refractivity contribution in [2.24, 2.45) is 0 Å². The van der Waals surface area contributed by atoms with Gasteiger partial charge in [0.25, 0.3) is 0 Å². The third-order valence-electron chi connectivity index (χ3n) is 3.39. The molecule has 0 aromatic heterocycles. The number of halogens is 4. The fourth-order valence-electron chi connectivity index (χ4n) is 2.29. The summed E-state index contributed by atoms with van der Waals surface area (Å²) in [7, 11) is 0. The molecule has 0 radical (unpaired) electrons. The molecule has 0 aliphatic heterocycles. The Morgan fingerprint density at radius 1 is 1.10 bits per heavy atom. The zero-order chi connectivity index (χ0) is 15.5. The van der Waals surface area contributed by atoms with Crippen LogP contribution in [-0.4, -0.2) is 18.1 Å². The normalized spacial score (nSPS) is 16.2. The molecule has 0 saturated heterocycles. The summed E-state index contributed by atoms with van der Waals surface area (Å²) < 4.78 is 51.3. The van der Waals surface area contributed by atoms with E-state index in [1.807, 2.05) is 0 Å². The molecule has 1 aliphatic rings. The highest BCUT2D eigenvalue weighted by Gasteiger charge is 2.50. The number of hydrogen-bond donors (Lipinski definition) is 1. The number of hydrogen-bond acceptors (Lipinski definition) is 2. The Morgan fingerprint density at radius 2 is 1.71 bits per heavy atom. The van der Waals surface area contributed by atoms with E-state index in [4.69, 9.17) is 0 Å². The molecule has 1 aliphatic carbocycles. The molecule has 2 rings (SSSR count). The molecule has 1 N–H and O–H groups in total. The first kappa shape index (κ1) is 15.5. The number of benzene rings is 1. The molecular weight excluding hydrogens is 286 g/mol. The maximum Gasteiger partial charge on any atom is 0.368 e. The van der Waals surface area contributed by atoms with Crippen molar-refractivity contribution in [3.05, 3.63) is 41.6 Å². The van der Waals surface area contributed by atoms with E-state index in [1.54, 1.807) is 30.3 Å². The van der Waals surface area contributed by atoms with Crippen LogP contribution in [-0.2, 0) is 4.79 Å². The van der Waals surface area contributed by atoms with Crippen LogP contribution in [0, 0.1) is 0 Å². The smallest absolute Gasteiger partial charge is 0.359 e. The van der Waals surface area contributed by atoms with E-state index in [0.29, 0.717) is 24.2 Å². The van der Waals surface area contributed by atoms with Crippen molar-refractivity contribution in [2.75, 3.05) is 5.32 Å². The highest BCUT2D eigenvalue weighted by atomic mass is 19.3. The second kappa shape index (κ2) is 6.28. The second-order valence-corrected chi connectivity index (χ2v) is 4.91. The van der Waals surface area contributed by atoms with Gasteiger partial charge >= 0.3 is 12.3 Å². The Balaban J connectivity index is 2.30. The Kier molecular flexibility index (Phi) is 4.65. The van der Waals surface area contributed by atoms with Gasteiger partial charge in [0.05, 0.1) is 0 Å². The number of alkyl halides is 4. The number of ketones is 1. The number of allylic oxidation sites excluding steroid dienone is 2. The first-order valence-electron chi connectivity index (χ1n) is 6.67. The van der Waals surface area contributed by atoms with Gasteiger partial charge in [0.2, 0.25) is 5.78 Å². The van der Waals surface area contributed by atoms with E-state index in [2.05, 4.69) is 5.32 Å². The SMILES string of the molecule is O=C(C1=C(Nc2ccccc2)CCCC1)C(F)(F)C(F)F. The highest BCUT2D eigenvalue weighted by Crippen LogP contribution is 2.34. The minimum Gasteiger partial charge on any atom is -0.359 e. The average molecular weight is 301 g/mol. The van der Waals surface area contributed by atoms with Gasteiger partial charge in [-0.2, -0.15) is 8.78 Å². The molecule has 0 saturated carbocycles. The lowest BCUT2D eigenvalue weighted by molar-refractivity contribution is -0.163. The minimum atomic E-state index is -4.63. The van der Waals surface area contributed by atoms with Crippen molar-refractivity contribution < 1.29 is 22.4 Å². The molecular formula is C15H15F4NO. The van der Waals surface area contributed by atoms with E-state index in [-0.39, 0.29) is 12.0 Å². The van der Waals surface area contributed by atoms with Gasteiger partial charge < -0.3 is 5.32 Å². The van der Waals surface area contributed by atoms with Crippen LogP contribution in [0.25, 0.3) is 0 Å². The predicted molar refractivity (Wildman–Crippen MR) is 71.5 cm³/mol. The predicted octanol–water partition coefficient (Wildman–Crippen LogP) is 4.40. The van der Waals surface area contributed by atoms with Crippen molar-refractivity contribution in [1.82, 2.24) is 0 Å². The zero-order valence-electron chi connectivity index (χ0n) is 11.2. The number of carbonyl (C=O) groups excluding carboxylic acids is 1. The van der Waals surface area contributed by atoms with Crippen LogP contribution in [0.3, 0.4) is 0 Å². The quantitative estimate of drug-likeness (QED) is 0.817. The van der Waals surface area contributed by atoms with Crippen LogP contribution >= 0.6 is 0 Å². The molecule has 1 aromatic carbocycles. The van der Waals surface area contributed by atoms with Gasteiger partial charge in [0.15, 0.2) is 0 Å². The summed E-state index contributed by atoms with van der Waals surface area (Å²) in [5.74, 6) is -6.40. The number of para-hydroxylation sites is 1. The van der Waals surface area contributed by atoms with E-state index in [0.717, 1.165) is 6.42 Å². The molecule has 0 bridgehead atoms. The van der Waals surface area contributed by atoms with E-state index in [1.165, 1.54) is 0 Å². The summed E-state index contributed by atoms with van der Waals surface area (Å²) in [6.07, 6.45) is -2.23. The van der Waals surface area contributed by atoms with Gasteiger partial charge in [-0.1, -0.05) is 18.2 Å². The second-order valence-electron chi connectivity index (χ2n) is 4.91. The number of rotatable bonds is 5. The van der Waals surface area contributed by atoms with Crippen LogP contribution in [0.1, 0.15) is 25.7 Å². The summed E-state index contributed by atoms with van der Waals surface area (Å²) in [6.45, 7) is 0. The van der Waals surface area contributed by atoms with Gasteiger partial charge in [-0.25, -0.2) is 8.78 Å². The minimum absolute atomic E-state index is 0.0936. The molecule has 0 atom stereocenters. The highest BCUT2D eigenvalue weighted by molar-refractivity contribution is 6.02. The maximum atomic E-state index is 13.3. The molecule has 0 heterocycles. The van der Waals surface area contributed by atoms with Gasteiger partial charge in [0, 0.05) is 17.0 Å². The molecule has 2 nitrogen and oxygen atoms in total. The molecule has 21 heavy (non-hydrogen) atoms. The van der Waals surface area contributed by atoms with Gasteiger partial charge in [-0.3, -0.25) is 4.79 Å². The Labute approximate surface area is 119 Å². The Bertz CT molecular complexity index is 540. The third kappa shape index (κ3) is 3.43.